The molecule has 0 amide bonds. The smallest absolute Gasteiger partial charge is 0.344 e. The number of carbonyl (C=O) groups is 5. The Bertz CT molecular complexity index is 2100. The van der Waals surface area contributed by atoms with Gasteiger partial charge in [-0.2, -0.15) is 0 Å². The first-order valence-electron chi connectivity index (χ1n) is 18.2. The lowest BCUT2D eigenvalue weighted by atomic mass is 9.79. The highest BCUT2D eigenvalue weighted by atomic mass is 16.6. The van der Waals surface area contributed by atoms with Crippen LogP contribution in [0.15, 0.2) is 79.1 Å². The molecule has 3 atom stereocenters. The van der Waals surface area contributed by atoms with Crippen molar-refractivity contribution in [3.05, 3.63) is 81.5 Å². The van der Waals surface area contributed by atoms with Gasteiger partial charge in [-0.25, -0.2) is 19.2 Å². The van der Waals surface area contributed by atoms with Crippen LogP contribution in [0.4, 0.5) is 0 Å². The first-order chi connectivity index (χ1) is 27.2. The van der Waals surface area contributed by atoms with E-state index >= 15 is 0 Å². The van der Waals surface area contributed by atoms with Crippen molar-refractivity contribution < 1.29 is 66.0 Å². The Morgan fingerprint density at radius 1 is 0.632 bits per heavy atom. The molecule has 16 heteroatoms. The van der Waals surface area contributed by atoms with E-state index in [0.717, 1.165) is 0 Å². The molecule has 3 unspecified atom stereocenters. The van der Waals surface area contributed by atoms with Gasteiger partial charge in [-0.1, -0.05) is 27.7 Å². The summed E-state index contributed by atoms with van der Waals surface area (Å²) in [6.07, 6.45) is 1.51. The number of fused-ring (bicyclic) bond motifs is 2. The molecular formula is C41H48O16. The van der Waals surface area contributed by atoms with Crippen molar-refractivity contribution in [2.45, 2.75) is 53.9 Å². The molecular weight excluding hydrogens is 748 g/mol. The maximum absolute atomic E-state index is 12.2. The van der Waals surface area contributed by atoms with Crippen molar-refractivity contribution in [1.29, 1.82) is 0 Å². The number of ether oxygens (including phenoxy) is 7. The number of methoxy groups -OCH3 is 1. The fourth-order valence-electron chi connectivity index (χ4n) is 5.07. The topological polar surface area (TPSA) is 210 Å². The van der Waals surface area contributed by atoms with Crippen LogP contribution in [0.2, 0.25) is 0 Å². The van der Waals surface area contributed by atoms with E-state index < -0.39 is 40.5 Å². The molecule has 308 valence electrons. The summed E-state index contributed by atoms with van der Waals surface area (Å²) in [4.78, 5) is 81.3. The quantitative estimate of drug-likeness (QED) is 0.0518. The minimum absolute atomic E-state index is 0.0178. The Hall–Kier alpha value is -6.19. The lowest BCUT2D eigenvalue weighted by Crippen LogP contribution is -2.33. The lowest BCUT2D eigenvalue weighted by molar-refractivity contribution is -0.159. The van der Waals surface area contributed by atoms with Crippen LogP contribution >= 0.6 is 0 Å². The first-order valence-corrected chi connectivity index (χ1v) is 18.2. The van der Waals surface area contributed by atoms with E-state index in [-0.39, 0.29) is 63.9 Å². The van der Waals surface area contributed by atoms with E-state index in [9.17, 15) is 33.6 Å². The molecule has 16 nitrogen and oxygen atoms in total. The molecule has 0 saturated heterocycles. The van der Waals surface area contributed by atoms with Crippen molar-refractivity contribution in [3.8, 4) is 11.5 Å². The average Bonchev–Trinajstić information content (AvgIpc) is 3.21. The third kappa shape index (κ3) is 14.8. The standard InChI is InChI=1S/C23H28O9.C18H20O7/c1-5-23(3,22(27)28-4)13-15(2)21(26)30-11-10-29-20(25)14-31-17-7-8-18-16(12-17)6-9-19(24)32-18;1-3-12(2)18(21)23-9-8-22-17(20)11-24-14-5-6-15-13(10-14)4-7-16(19)25-15/h6-9,12,15H,5,10-11,13-14H2,1-4H3;4-7,10,12H,3,8-9,11H2,1-2H3. The third-order valence-electron chi connectivity index (χ3n) is 8.71. The van der Waals surface area contributed by atoms with E-state index in [1.165, 1.54) is 19.2 Å². The molecule has 0 aliphatic rings. The molecule has 0 radical (unpaired) electrons. The minimum atomic E-state index is -0.773. The molecule has 4 aromatic rings. The second kappa shape index (κ2) is 22.4. The van der Waals surface area contributed by atoms with Gasteiger partial charge in [-0.15, -0.1) is 0 Å². The predicted molar refractivity (Wildman–Crippen MR) is 203 cm³/mol. The van der Waals surface area contributed by atoms with Gasteiger partial charge in [-0.05, 0) is 74.7 Å². The fraction of sp³-hybridized carbons (Fsp3) is 0.439. The van der Waals surface area contributed by atoms with Gasteiger partial charge in [0.25, 0.3) is 0 Å². The summed E-state index contributed by atoms with van der Waals surface area (Å²) in [6.45, 7) is 8.10. The molecule has 0 aliphatic heterocycles. The Balaban J connectivity index is 0.000000315. The normalized spacial score (nSPS) is 12.8. The molecule has 57 heavy (non-hydrogen) atoms. The van der Waals surface area contributed by atoms with Crippen molar-refractivity contribution in [1.82, 2.24) is 0 Å². The van der Waals surface area contributed by atoms with Gasteiger partial charge in [-0.3, -0.25) is 14.4 Å². The van der Waals surface area contributed by atoms with Crippen LogP contribution in [-0.2, 0) is 47.7 Å². The van der Waals surface area contributed by atoms with Gasteiger partial charge in [0, 0.05) is 22.9 Å². The first kappa shape index (κ1) is 45.2. The zero-order valence-corrected chi connectivity index (χ0v) is 32.8. The Morgan fingerprint density at radius 2 is 1.07 bits per heavy atom. The van der Waals surface area contributed by atoms with Crippen LogP contribution in [0, 0.1) is 17.3 Å². The van der Waals surface area contributed by atoms with E-state index in [0.29, 0.717) is 46.3 Å². The second-order valence-corrected chi connectivity index (χ2v) is 13.1. The Kier molecular flexibility index (Phi) is 17.8. The lowest BCUT2D eigenvalue weighted by Gasteiger charge is -2.27. The van der Waals surface area contributed by atoms with Crippen molar-refractivity contribution >= 4 is 51.8 Å². The molecule has 4 rings (SSSR count). The van der Waals surface area contributed by atoms with Crippen molar-refractivity contribution in [3.63, 3.8) is 0 Å². The molecule has 0 bridgehead atoms. The van der Waals surface area contributed by atoms with Gasteiger partial charge in [0.05, 0.1) is 24.4 Å². The molecule has 0 spiro atoms. The van der Waals surface area contributed by atoms with E-state index in [1.807, 2.05) is 13.8 Å². The number of benzene rings is 2. The van der Waals surface area contributed by atoms with Crippen LogP contribution in [0.3, 0.4) is 0 Å². The number of esters is 5. The molecule has 0 aliphatic carbocycles. The largest absolute Gasteiger partial charge is 0.482 e. The van der Waals surface area contributed by atoms with Gasteiger partial charge >= 0.3 is 41.1 Å². The second-order valence-electron chi connectivity index (χ2n) is 13.1. The average molecular weight is 797 g/mol. The predicted octanol–water partition coefficient (Wildman–Crippen LogP) is 5.18. The van der Waals surface area contributed by atoms with Crippen LogP contribution in [-0.4, -0.2) is 76.6 Å². The molecule has 0 N–H and O–H groups in total. The van der Waals surface area contributed by atoms with Crippen LogP contribution < -0.4 is 20.7 Å². The van der Waals surface area contributed by atoms with Gasteiger partial charge in [0.15, 0.2) is 13.2 Å². The van der Waals surface area contributed by atoms with Crippen LogP contribution in [0.5, 0.6) is 11.5 Å². The van der Waals surface area contributed by atoms with Crippen molar-refractivity contribution in [2.75, 3.05) is 46.8 Å². The molecule has 2 aromatic heterocycles. The molecule has 0 saturated carbocycles. The highest BCUT2D eigenvalue weighted by Crippen LogP contribution is 2.31. The van der Waals surface area contributed by atoms with Crippen LogP contribution in [0.1, 0.15) is 53.9 Å². The maximum Gasteiger partial charge on any atom is 0.344 e. The SMILES string of the molecule is CCC(C)(CC(C)C(=O)OCCOC(=O)COc1ccc2oc(=O)ccc2c1)C(=O)OC.CCC(C)C(=O)OCCOC(=O)COc1ccc2oc(=O)ccc2c1. The summed E-state index contributed by atoms with van der Waals surface area (Å²) in [6, 6.07) is 15.4. The summed E-state index contributed by atoms with van der Waals surface area (Å²) < 4.78 is 45.6. The zero-order valence-electron chi connectivity index (χ0n) is 32.8. The van der Waals surface area contributed by atoms with Crippen molar-refractivity contribution in [2.24, 2.45) is 17.3 Å². The minimum Gasteiger partial charge on any atom is -0.482 e. The Morgan fingerprint density at radius 3 is 1.49 bits per heavy atom. The summed E-state index contributed by atoms with van der Waals surface area (Å²) in [5.74, 6) is -2.19. The van der Waals surface area contributed by atoms with Gasteiger partial charge < -0.3 is 42.0 Å². The van der Waals surface area contributed by atoms with E-state index in [1.54, 1.807) is 69.3 Å². The summed E-state index contributed by atoms with van der Waals surface area (Å²) in [5, 5.41) is 1.34. The van der Waals surface area contributed by atoms with Gasteiger partial charge in [0.2, 0.25) is 0 Å². The van der Waals surface area contributed by atoms with Crippen LogP contribution in [0.25, 0.3) is 21.9 Å². The van der Waals surface area contributed by atoms with Gasteiger partial charge in [0.1, 0.15) is 49.1 Å². The molecule has 2 heterocycles. The molecule has 2 aromatic carbocycles. The summed E-state index contributed by atoms with van der Waals surface area (Å²) in [5.41, 5.74) is -0.809. The number of carbonyl (C=O) groups excluding carboxylic acids is 5. The fourth-order valence-corrected chi connectivity index (χ4v) is 5.07. The van der Waals surface area contributed by atoms with E-state index in [4.69, 9.17) is 42.0 Å². The summed E-state index contributed by atoms with van der Waals surface area (Å²) in [7, 11) is 1.32. The van der Waals surface area contributed by atoms with E-state index in [2.05, 4.69) is 0 Å². The number of rotatable bonds is 19. The number of hydrogen-bond acceptors (Lipinski definition) is 16. The summed E-state index contributed by atoms with van der Waals surface area (Å²) >= 11 is 0. The monoisotopic (exact) mass is 796 g/mol. The third-order valence-corrected chi connectivity index (χ3v) is 8.71. The molecule has 0 fully saturated rings. The Labute approximate surface area is 328 Å². The zero-order chi connectivity index (χ0) is 42.0. The number of hydrogen-bond donors (Lipinski definition) is 0. The highest BCUT2D eigenvalue weighted by Gasteiger charge is 2.36. The maximum atomic E-state index is 12.2. The highest BCUT2D eigenvalue weighted by molar-refractivity contribution is 5.80.